The maximum absolute atomic E-state index is 12.1. The number of H-pyrrole nitrogens is 1. The van der Waals surface area contributed by atoms with Gasteiger partial charge in [-0.3, -0.25) is 0 Å². The third-order valence-corrected chi connectivity index (χ3v) is 3.28. The quantitative estimate of drug-likeness (QED) is 0.598. The minimum absolute atomic E-state index is 0.249. The predicted octanol–water partition coefficient (Wildman–Crippen LogP) is 4.42. The lowest BCUT2D eigenvalue weighted by Crippen LogP contribution is -2.06. The second kappa shape index (κ2) is 7.53. The van der Waals surface area contributed by atoms with Gasteiger partial charge in [0.25, 0.3) is 0 Å². The fraction of sp³-hybridized carbons (Fsp3) is 0.353. The van der Waals surface area contributed by atoms with Crippen molar-refractivity contribution in [1.82, 2.24) is 4.98 Å². The Hall–Kier alpha value is -2.03. The molecule has 106 valence electrons. The van der Waals surface area contributed by atoms with Gasteiger partial charge in [0, 0.05) is 18.0 Å². The van der Waals surface area contributed by atoms with Crippen molar-refractivity contribution in [3.05, 3.63) is 48.3 Å². The molecule has 0 aliphatic heterocycles. The zero-order valence-electron chi connectivity index (χ0n) is 11.9. The van der Waals surface area contributed by atoms with Gasteiger partial charge in [0.05, 0.1) is 12.2 Å². The second-order valence-electron chi connectivity index (χ2n) is 4.85. The molecule has 1 heterocycles. The molecule has 1 aromatic heterocycles. The van der Waals surface area contributed by atoms with Crippen LogP contribution in [-0.2, 0) is 4.74 Å². The van der Waals surface area contributed by atoms with Gasteiger partial charge in [-0.05, 0) is 12.0 Å². The molecule has 3 heteroatoms. The van der Waals surface area contributed by atoms with E-state index in [1.54, 1.807) is 6.20 Å². The lowest BCUT2D eigenvalue weighted by Gasteiger charge is -2.06. The van der Waals surface area contributed by atoms with Crippen LogP contribution in [0.1, 0.15) is 43.0 Å². The molecule has 0 radical (unpaired) electrons. The Morgan fingerprint density at radius 1 is 1.10 bits per heavy atom. The summed E-state index contributed by atoms with van der Waals surface area (Å²) in [7, 11) is 0. The van der Waals surface area contributed by atoms with Gasteiger partial charge in [-0.2, -0.15) is 0 Å². The molecular formula is C17H21NO2. The van der Waals surface area contributed by atoms with Gasteiger partial charge in [0.1, 0.15) is 0 Å². The number of aromatic nitrogens is 1. The fourth-order valence-electron chi connectivity index (χ4n) is 2.16. The lowest BCUT2D eigenvalue weighted by atomic mass is 10.1. The van der Waals surface area contributed by atoms with Crippen LogP contribution in [0.4, 0.5) is 0 Å². The van der Waals surface area contributed by atoms with Crippen molar-refractivity contribution in [3.8, 4) is 11.1 Å². The summed E-state index contributed by atoms with van der Waals surface area (Å²) >= 11 is 0. The summed E-state index contributed by atoms with van der Waals surface area (Å²) < 4.78 is 5.34. The van der Waals surface area contributed by atoms with E-state index in [1.165, 1.54) is 12.8 Å². The Morgan fingerprint density at radius 2 is 1.90 bits per heavy atom. The number of aromatic amines is 1. The number of esters is 1. The Labute approximate surface area is 120 Å². The maximum atomic E-state index is 12.1. The largest absolute Gasteiger partial charge is 0.462 e. The summed E-state index contributed by atoms with van der Waals surface area (Å²) in [4.78, 5) is 15.1. The number of carbonyl (C=O) groups excluding carboxylic acids is 1. The molecule has 1 N–H and O–H groups in total. The van der Waals surface area contributed by atoms with Crippen LogP contribution >= 0.6 is 0 Å². The normalized spacial score (nSPS) is 10.4. The van der Waals surface area contributed by atoms with Crippen LogP contribution in [-0.4, -0.2) is 17.6 Å². The summed E-state index contributed by atoms with van der Waals surface area (Å²) in [5.41, 5.74) is 2.52. The van der Waals surface area contributed by atoms with Crippen molar-refractivity contribution < 1.29 is 9.53 Å². The average Bonchev–Trinajstić information content (AvgIpc) is 2.97. The second-order valence-corrected chi connectivity index (χ2v) is 4.85. The highest BCUT2D eigenvalue weighted by Gasteiger charge is 2.14. The molecular weight excluding hydrogens is 250 g/mol. The van der Waals surface area contributed by atoms with Gasteiger partial charge in [-0.25, -0.2) is 4.79 Å². The molecule has 0 amide bonds. The topological polar surface area (TPSA) is 42.1 Å². The predicted molar refractivity (Wildman–Crippen MR) is 80.7 cm³/mol. The average molecular weight is 271 g/mol. The molecule has 2 aromatic rings. The van der Waals surface area contributed by atoms with E-state index >= 15 is 0 Å². The molecule has 1 aromatic carbocycles. The third-order valence-electron chi connectivity index (χ3n) is 3.28. The van der Waals surface area contributed by atoms with Crippen molar-refractivity contribution in [2.45, 2.75) is 32.6 Å². The molecule has 0 saturated heterocycles. The van der Waals surface area contributed by atoms with Crippen molar-refractivity contribution in [2.24, 2.45) is 0 Å². The number of carbonyl (C=O) groups is 1. The van der Waals surface area contributed by atoms with Crippen LogP contribution in [0.15, 0.2) is 42.7 Å². The summed E-state index contributed by atoms with van der Waals surface area (Å²) in [6.45, 7) is 2.66. The third kappa shape index (κ3) is 3.73. The Balaban J connectivity index is 1.96. The molecule has 0 bridgehead atoms. The van der Waals surface area contributed by atoms with Gasteiger partial charge in [0.2, 0.25) is 0 Å². The molecule has 0 aliphatic rings. The first-order chi connectivity index (χ1) is 9.83. The summed E-state index contributed by atoms with van der Waals surface area (Å²) in [5.74, 6) is -0.249. The van der Waals surface area contributed by atoms with Gasteiger partial charge >= 0.3 is 5.97 Å². The van der Waals surface area contributed by atoms with E-state index in [2.05, 4.69) is 11.9 Å². The zero-order chi connectivity index (χ0) is 14.2. The molecule has 0 aliphatic carbocycles. The molecule has 20 heavy (non-hydrogen) atoms. The zero-order valence-corrected chi connectivity index (χ0v) is 11.9. The Morgan fingerprint density at radius 3 is 2.65 bits per heavy atom. The van der Waals surface area contributed by atoms with Crippen LogP contribution in [0.2, 0.25) is 0 Å². The molecule has 0 saturated carbocycles. The van der Waals surface area contributed by atoms with E-state index in [9.17, 15) is 4.79 Å². The van der Waals surface area contributed by atoms with Crippen molar-refractivity contribution in [3.63, 3.8) is 0 Å². The SMILES string of the molecule is CCCCCCOC(=O)c1c[nH]cc1-c1ccccc1. The summed E-state index contributed by atoms with van der Waals surface area (Å²) in [6, 6.07) is 9.86. The van der Waals surface area contributed by atoms with Crippen molar-refractivity contribution >= 4 is 5.97 Å². The summed E-state index contributed by atoms with van der Waals surface area (Å²) in [5, 5.41) is 0. The molecule has 0 unspecified atom stereocenters. The van der Waals surface area contributed by atoms with E-state index in [0.717, 1.165) is 24.0 Å². The minimum Gasteiger partial charge on any atom is -0.462 e. The highest BCUT2D eigenvalue weighted by molar-refractivity contribution is 5.97. The van der Waals surface area contributed by atoms with Crippen LogP contribution in [0.25, 0.3) is 11.1 Å². The minimum atomic E-state index is -0.249. The lowest BCUT2D eigenvalue weighted by molar-refractivity contribution is 0.0499. The number of nitrogens with one attached hydrogen (secondary N) is 1. The monoisotopic (exact) mass is 271 g/mol. The molecule has 0 atom stereocenters. The first kappa shape index (κ1) is 14.4. The number of ether oxygens (including phenoxy) is 1. The summed E-state index contributed by atoms with van der Waals surface area (Å²) in [6.07, 6.45) is 7.97. The van der Waals surface area contributed by atoms with Crippen LogP contribution in [0.3, 0.4) is 0 Å². The number of rotatable bonds is 7. The number of benzene rings is 1. The van der Waals surface area contributed by atoms with Gasteiger partial charge < -0.3 is 9.72 Å². The number of hydrogen-bond donors (Lipinski definition) is 1. The molecule has 0 fully saturated rings. The van der Waals surface area contributed by atoms with Gasteiger partial charge in [0.15, 0.2) is 0 Å². The van der Waals surface area contributed by atoms with Crippen LogP contribution < -0.4 is 0 Å². The highest BCUT2D eigenvalue weighted by atomic mass is 16.5. The Bertz CT molecular complexity index is 531. The standard InChI is InChI=1S/C17H21NO2/c1-2-3-4-8-11-20-17(19)16-13-18-12-15(16)14-9-6-5-7-10-14/h5-7,9-10,12-13,18H,2-4,8,11H2,1H3. The van der Waals surface area contributed by atoms with Crippen molar-refractivity contribution in [2.75, 3.05) is 6.61 Å². The first-order valence-electron chi connectivity index (χ1n) is 7.22. The van der Waals surface area contributed by atoms with E-state index in [1.807, 2.05) is 36.5 Å². The van der Waals surface area contributed by atoms with E-state index in [4.69, 9.17) is 4.74 Å². The molecule has 0 spiro atoms. The van der Waals surface area contributed by atoms with Crippen molar-refractivity contribution in [1.29, 1.82) is 0 Å². The van der Waals surface area contributed by atoms with Gasteiger partial charge in [-0.15, -0.1) is 0 Å². The molecule has 2 rings (SSSR count). The fourth-order valence-corrected chi connectivity index (χ4v) is 2.16. The number of unbranched alkanes of at least 4 members (excludes halogenated alkanes) is 3. The maximum Gasteiger partial charge on any atom is 0.340 e. The Kier molecular flexibility index (Phi) is 5.42. The van der Waals surface area contributed by atoms with E-state index in [-0.39, 0.29) is 5.97 Å². The highest BCUT2D eigenvalue weighted by Crippen LogP contribution is 2.23. The van der Waals surface area contributed by atoms with E-state index < -0.39 is 0 Å². The van der Waals surface area contributed by atoms with Gasteiger partial charge in [-0.1, -0.05) is 56.5 Å². The number of hydrogen-bond acceptors (Lipinski definition) is 2. The smallest absolute Gasteiger partial charge is 0.340 e. The first-order valence-corrected chi connectivity index (χ1v) is 7.22. The van der Waals surface area contributed by atoms with E-state index in [0.29, 0.717) is 12.2 Å². The van der Waals surface area contributed by atoms with Crippen LogP contribution in [0.5, 0.6) is 0 Å². The van der Waals surface area contributed by atoms with Crippen LogP contribution in [0, 0.1) is 0 Å². The molecule has 3 nitrogen and oxygen atoms in total.